The number of nitrogen functional groups attached to an aromatic ring is 1. The van der Waals surface area contributed by atoms with Crippen molar-refractivity contribution in [2.45, 2.75) is 24.9 Å². The molecular formula is C29H28N6O4S2. The highest BCUT2D eigenvalue weighted by molar-refractivity contribution is 7.10. The zero-order valence-electron chi connectivity index (χ0n) is 21.9. The zero-order chi connectivity index (χ0) is 28.8. The van der Waals surface area contributed by atoms with E-state index in [2.05, 4.69) is 15.6 Å². The summed E-state index contributed by atoms with van der Waals surface area (Å²) in [5, 5.41) is 17.6. The fourth-order valence-corrected chi connectivity index (χ4v) is 6.11. The number of hydrogen-bond donors (Lipinski definition) is 4. The lowest BCUT2D eigenvalue weighted by atomic mass is 10.1. The summed E-state index contributed by atoms with van der Waals surface area (Å²) in [5.74, 6) is 0.131. The monoisotopic (exact) mass is 588 g/mol. The molecule has 10 nitrogen and oxygen atoms in total. The van der Waals surface area contributed by atoms with E-state index in [9.17, 15) is 14.4 Å². The van der Waals surface area contributed by atoms with Gasteiger partial charge in [-0.05, 0) is 48.9 Å². The molecule has 5 N–H and O–H groups in total. The molecule has 2 atom stereocenters. The number of nitrogens with zero attached hydrogens (tertiary/aromatic N) is 2. The van der Waals surface area contributed by atoms with Crippen LogP contribution in [0, 0.1) is 5.41 Å². The van der Waals surface area contributed by atoms with Crippen LogP contribution >= 0.6 is 22.7 Å². The number of ether oxygens (including phenoxy) is 1. The first-order valence-electron chi connectivity index (χ1n) is 12.9. The summed E-state index contributed by atoms with van der Waals surface area (Å²) in [5.41, 5.74) is 6.53. The van der Waals surface area contributed by atoms with Crippen molar-refractivity contribution in [2.24, 2.45) is 5.73 Å². The summed E-state index contributed by atoms with van der Waals surface area (Å²) in [6.07, 6.45) is 2.14. The number of carbonyl (C=O) groups is 3. The first-order chi connectivity index (χ1) is 19.9. The topological polar surface area (TPSA) is 150 Å². The maximum atomic E-state index is 13.3. The summed E-state index contributed by atoms with van der Waals surface area (Å²) < 4.78 is 5.76. The lowest BCUT2D eigenvalue weighted by Crippen LogP contribution is -2.48. The van der Waals surface area contributed by atoms with Gasteiger partial charge in [-0.3, -0.25) is 19.8 Å². The number of nitrogens with one attached hydrogen (secondary N) is 3. The van der Waals surface area contributed by atoms with Crippen molar-refractivity contribution >= 4 is 46.2 Å². The molecule has 12 heteroatoms. The minimum Gasteiger partial charge on any atom is -0.457 e. The number of thiophene rings is 1. The summed E-state index contributed by atoms with van der Waals surface area (Å²) >= 11 is 2.89. The van der Waals surface area contributed by atoms with Crippen LogP contribution in [0.3, 0.4) is 0 Å². The number of amides is 3. The molecule has 0 unspecified atom stereocenters. The Morgan fingerprint density at radius 2 is 1.78 bits per heavy atom. The Hall–Kier alpha value is -4.55. The van der Waals surface area contributed by atoms with E-state index in [1.807, 2.05) is 35.7 Å². The van der Waals surface area contributed by atoms with E-state index in [1.165, 1.54) is 27.6 Å². The maximum absolute atomic E-state index is 13.3. The van der Waals surface area contributed by atoms with E-state index in [0.717, 1.165) is 9.88 Å². The van der Waals surface area contributed by atoms with Gasteiger partial charge in [0.25, 0.3) is 5.91 Å². The number of para-hydroxylation sites is 1. The number of nitrogens with two attached hydrogens (primary N) is 1. The van der Waals surface area contributed by atoms with Gasteiger partial charge in [0.05, 0.1) is 18.1 Å². The second kappa shape index (κ2) is 12.7. The Balaban J connectivity index is 1.19. The van der Waals surface area contributed by atoms with Crippen LogP contribution in [0.15, 0.2) is 77.6 Å². The summed E-state index contributed by atoms with van der Waals surface area (Å²) in [4.78, 5) is 46.0. The highest BCUT2D eigenvalue weighted by Gasteiger charge is 2.41. The van der Waals surface area contributed by atoms with Crippen LogP contribution < -0.4 is 21.1 Å². The molecule has 1 saturated heterocycles. The van der Waals surface area contributed by atoms with Gasteiger partial charge < -0.3 is 26.0 Å². The van der Waals surface area contributed by atoms with Crippen molar-refractivity contribution in [2.75, 3.05) is 13.1 Å². The predicted octanol–water partition coefficient (Wildman–Crippen LogP) is 3.71. The molecule has 5 rings (SSSR count). The van der Waals surface area contributed by atoms with E-state index in [1.54, 1.807) is 41.9 Å². The van der Waals surface area contributed by atoms with Gasteiger partial charge in [0.2, 0.25) is 11.8 Å². The van der Waals surface area contributed by atoms with Gasteiger partial charge in [-0.25, -0.2) is 4.98 Å². The Morgan fingerprint density at radius 3 is 2.46 bits per heavy atom. The van der Waals surface area contributed by atoms with Crippen LogP contribution in [0.4, 0.5) is 0 Å². The third kappa shape index (κ3) is 6.97. The average molecular weight is 589 g/mol. The number of carbonyl (C=O) groups excluding carboxylic acids is 3. The number of benzene rings is 2. The van der Waals surface area contributed by atoms with Gasteiger partial charge in [0, 0.05) is 45.4 Å². The zero-order valence-corrected chi connectivity index (χ0v) is 23.5. The molecule has 1 aliphatic heterocycles. The maximum Gasteiger partial charge on any atom is 0.251 e. The van der Waals surface area contributed by atoms with Crippen molar-refractivity contribution < 1.29 is 19.1 Å². The smallest absolute Gasteiger partial charge is 0.251 e. The van der Waals surface area contributed by atoms with Crippen molar-refractivity contribution in [1.82, 2.24) is 20.5 Å². The van der Waals surface area contributed by atoms with E-state index in [-0.39, 0.29) is 36.7 Å². The highest BCUT2D eigenvalue weighted by Crippen LogP contribution is 2.33. The van der Waals surface area contributed by atoms with Crippen LogP contribution in [-0.4, -0.2) is 52.6 Å². The Bertz CT molecular complexity index is 1520. The first-order valence-corrected chi connectivity index (χ1v) is 14.6. The quantitative estimate of drug-likeness (QED) is 0.164. The van der Waals surface area contributed by atoms with Crippen molar-refractivity contribution in [3.63, 3.8) is 0 Å². The molecule has 2 aromatic heterocycles. The third-order valence-electron chi connectivity index (χ3n) is 6.62. The molecule has 4 aromatic rings. The number of likely N-dealkylation sites (tertiary alicyclic amines) is 1. The van der Waals surface area contributed by atoms with Crippen LogP contribution in [0.25, 0.3) is 0 Å². The number of rotatable bonds is 10. The van der Waals surface area contributed by atoms with Gasteiger partial charge in [0.15, 0.2) is 0 Å². The standard InChI is InChI=1S/C29H28N6O4S2/c30-26(31)20-12-23(41-17-20)14-33-28(38)24-13-19(29-32-10-11-40-29)16-35(24)25(36)15-34-27(37)18-6-8-22(9-7-18)39-21-4-2-1-3-5-21/h1-12,17,19,24H,13-16H2,(H3,30,31)(H,33,38)(H,34,37)/t19-,24-/m0/s1. The molecule has 3 heterocycles. The molecule has 1 aliphatic rings. The second-order valence-electron chi connectivity index (χ2n) is 9.42. The predicted molar refractivity (Wildman–Crippen MR) is 157 cm³/mol. The molecule has 0 aliphatic carbocycles. The molecule has 0 radical (unpaired) electrons. The Labute approximate surface area is 244 Å². The van der Waals surface area contributed by atoms with Gasteiger partial charge in [-0.2, -0.15) is 0 Å². The molecule has 0 saturated carbocycles. The molecule has 2 aromatic carbocycles. The number of thiazole rings is 1. The van der Waals surface area contributed by atoms with Gasteiger partial charge >= 0.3 is 0 Å². The molecule has 41 heavy (non-hydrogen) atoms. The lowest BCUT2D eigenvalue weighted by Gasteiger charge is -2.24. The van der Waals surface area contributed by atoms with Crippen LogP contribution in [0.2, 0.25) is 0 Å². The number of aromatic nitrogens is 1. The summed E-state index contributed by atoms with van der Waals surface area (Å²) in [6.45, 7) is 0.347. The summed E-state index contributed by atoms with van der Waals surface area (Å²) in [7, 11) is 0. The Morgan fingerprint density at radius 1 is 1.02 bits per heavy atom. The van der Waals surface area contributed by atoms with Gasteiger partial charge in [-0.15, -0.1) is 22.7 Å². The van der Waals surface area contributed by atoms with E-state index < -0.39 is 11.9 Å². The van der Waals surface area contributed by atoms with E-state index in [0.29, 0.717) is 35.6 Å². The van der Waals surface area contributed by atoms with Crippen molar-refractivity contribution in [1.29, 1.82) is 5.41 Å². The molecule has 210 valence electrons. The minimum atomic E-state index is -0.699. The largest absolute Gasteiger partial charge is 0.457 e. The molecule has 1 fully saturated rings. The fraction of sp³-hybridized carbons (Fsp3) is 0.207. The van der Waals surface area contributed by atoms with E-state index in [4.69, 9.17) is 15.9 Å². The average Bonchev–Trinajstić information content (AvgIpc) is 3.76. The van der Waals surface area contributed by atoms with Crippen molar-refractivity contribution in [3.8, 4) is 11.5 Å². The second-order valence-corrected chi connectivity index (χ2v) is 11.3. The Kier molecular flexibility index (Phi) is 8.70. The number of hydrogen-bond acceptors (Lipinski definition) is 8. The minimum absolute atomic E-state index is 0.0313. The lowest BCUT2D eigenvalue weighted by molar-refractivity contribution is -0.137. The highest BCUT2D eigenvalue weighted by atomic mass is 32.1. The van der Waals surface area contributed by atoms with Crippen molar-refractivity contribution in [3.05, 3.63) is 98.6 Å². The molecule has 0 bridgehead atoms. The van der Waals surface area contributed by atoms with Crippen LogP contribution in [0.1, 0.15) is 38.1 Å². The van der Waals surface area contributed by atoms with Gasteiger partial charge in [0.1, 0.15) is 23.4 Å². The number of amidine groups is 1. The first kappa shape index (κ1) is 28.0. The fourth-order valence-electron chi connectivity index (χ4n) is 4.54. The molecular weight excluding hydrogens is 560 g/mol. The summed E-state index contributed by atoms with van der Waals surface area (Å²) in [6, 6.07) is 17.0. The molecule has 0 spiro atoms. The normalized spacial score (nSPS) is 16.2. The van der Waals surface area contributed by atoms with Gasteiger partial charge in [-0.1, -0.05) is 18.2 Å². The third-order valence-corrected chi connectivity index (χ3v) is 8.50. The van der Waals surface area contributed by atoms with E-state index >= 15 is 0 Å². The molecule has 3 amide bonds. The van der Waals surface area contributed by atoms with Crippen LogP contribution in [-0.2, 0) is 16.1 Å². The van der Waals surface area contributed by atoms with Crippen LogP contribution in [0.5, 0.6) is 11.5 Å². The SMILES string of the molecule is N=C(N)c1csc(CNC(=O)[C@@H]2C[C@H](c3nccs3)CN2C(=O)CNC(=O)c2ccc(Oc3ccccc3)cc2)c1.